The van der Waals surface area contributed by atoms with Crippen molar-refractivity contribution in [2.45, 2.75) is 25.9 Å². The molecule has 0 radical (unpaired) electrons. The Morgan fingerprint density at radius 3 is 2.74 bits per heavy atom. The minimum atomic E-state index is -0.0881. The third-order valence-electron chi connectivity index (χ3n) is 4.40. The average molecular weight is 360 g/mol. The zero-order valence-electron chi connectivity index (χ0n) is 15.1. The molecule has 0 unspecified atom stereocenters. The van der Waals surface area contributed by atoms with Crippen LogP contribution < -0.4 is 5.32 Å². The van der Waals surface area contributed by atoms with Gasteiger partial charge in [0.1, 0.15) is 0 Å². The first-order chi connectivity index (χ1) is 13.2. The Balaban J connectivity index is 1.48. The summed E-state index contributed by atoms with van der Waals surface area (Å²) in [5.74, 6) is 1.09. The van der Waals surface area contributed by atoms with Gasteiger partial charge in [0, 0.05) is 42.1 Å². The number of pyridine rings is 1. The van der Waals surface area contributed by atoms with Gasteiger partial charge < -0.3 is 9.09 Å². The van der Waals surface area contributed by atoms with E-state index in [9.17, 15) is 0 Å². The Bertz CT molecular complexity index is 996. The summed E-state index contributed by atoms with van der Waals surface area (Å²) >= 11 is 0. The maximum absolute atomic E-state index is 5.44. The van der Waals surface area contributed by atoms with Crippen LogP contribution in [-0.4, -0.2) is 24.7 Å². The van der Waals surface area contributed by atoms with Crippen molar-refractivity contribution in [3.05, 3.63) is 79.0 Å². The van der Waals surface area contributed by atoms with Gasteiger partial charge in [-0.15, -0.1) is 0 Å². The lowest BCUT2D eigenvalue weighted by molar-refractivity contribution is 0.328. The van der Waals surface area contributed by atoms with E-state index in [4.69, 9.17) is 4.52 Å². The number of aromatic nitrogens is 5. The van der Waals surface area contributed by atoms with Crippen molar-refractivity contribution in [3.63, 3.8) is 0 Å². The van der Waals surface area contributed by atoms with E-state index < -0.39 is 0 Å². The molecule has 0 aliphatic carbocycles. The lowest BCUT2D eigenvalue weighted by Crippen LogP contribution is -2.22. The second kappa shape index (κ2) is 7.51. The van der Waals surface area contributed by atoms with Crippen LogP contribution in [-0.2, 0) is 0 Å². The van der Waals surface area contributed by atoms with Crippen LogP contribution in [0.2, 0.25) is 0 Å². The quantitative estimate of drug-likeness (QED) is 0.564. The predicted octanol–water partition coefficient (Wildman–Crippen LogP) is 3.73. The SMILES string of the molecule is C[C@@H](N[C@H](C)c1nc(-c2cccnc2)no1)c1cccc(-n2ccnc2)c1. The van der Waals surface area contributed by atoms with E-state index >= 15 is 0 Å². The summed E-state index contributed by atoms with van der Waals surface area (Å²) in [6, 6.07) is 12.1. The first-order valence-corrected chi connectivity index (χ1v) is 8.79. The van der Waals surface area contributed by atoms with Gasteiger partial charge in [0.2, 0.25) is 11.7 Å². The van der Waals surface area contributed by atoms with Crippen molar-refractivity contribution >= 4 is 0 Å². The summed E-state index contributed by atoms with van der Waals surface area (Å²) in [6.45, 7) is 4.12. The Kier molecular flexibility index (Phi) is 4.76. The van der Waals surface area contributed by atoms with E-state index in [1.54, 1.807) is 24.9 Å². The van der Waals surface area contributed by atoms with Crippen LogP contribution in [0.4, 0.5) is 0 Å². The summed E-state index contributed by atoms with van der Waals surface area (Å²) in [7, 11) is 0. The third kappa shape index (κ3) is 3.78. The van der Waals surface area contributed by atoms with Crippen molar-refractivity contribution in [2.24, 2.45) is 0 Å². The highest BCUT2D eigenvalue weighted by Gasteiger charge is 2.18. The Morgan fingerprint density at radius 1 is 1.04 bits per heavy atom. The molecule has 2 atom stereocenters. The number of benzene rings is 1. The van der Waals surface area contributed by atoms with E-state index in [0.29, 0.717) is 11.7 Å². The topological polar surface area (TPSA) is 81.7 Å². The Labute approximate surface area is 157 Å². The minimum Gasteiger partial charge on any atom is -0.337 e. The number of hydrogen-bond donors (Lipinski definition) is 1. The highest BCUT2D eigenvalue weighted by Crippen LogP contribution is 2.22. The number of imidazole rings is 1. The van der Waals surface area contributed by atoms with Gasteiger partial charge in [-0.2, -0.15) is 4.98 Å². The molecule has 0 aliphatic heterocycles. The molecule has 0 fully saturated rings. The maximum Gasteiger partial charge on any atom is 0.243 e. The molecule has 1 aromatic carbocycles. The molecule has 4 aromatic rings. The van der Waals surface area contributed by atoms with Gasteiger partial charge in [0.05, 0.1) is 12.4 Å². The van der Waals surface area contributed by atoms with Crippen molar-refractivity contribution in [3.8, 4) is 17.1 Å². The largest absolute Gasteiger partial charge is 0.337 e. The van der Waals surface area contributed by atoms with Crippen LogP contribution in [0.5, 0.6) is 0 Å². The monoisotopic (exact) mass is 360 g/mol. The van der Waals surface area contributed by atoms with Crippen LogP contribution in [0.25, 0.3) is 17.1 Å². The second-order valence-corrected chi connectivity index (χ2v) is 6.37. The fraction of sp³-hybridized carbons (Fsp3) is 0.200. The van der Waals surface area contributed by atoms with E-state index in [2.05, 4.69) is 50.5 Å². The van der Waals surface area contributed by atoms with Gasteiger partial charge in [0.25, 0.3) is 0 Å². The van der Waals surface area contributed by atoms with E-state index in [0.717, 1.165) is 11.3 Å². The molecule has 0 bridgehead atoms. The van der Waals surface area contributed by atoms with Crippen molar-refractivity contribution in [1.82, 2.24) is 30.0 Å². The number of nitrogens with one attached hydrogen (secondary N) is 1. The van der Waals surface area contributed by atoms with Crippen molar-refractivity contribution in [1.29, 1.82) is 0 Å². The summed E-state index contributed by atoms with van der Waals surface area (Å²) in [5, 5.41) is 7.57. The molecule has 27 heavy (non-hydrogen) atoms. The van der Waals surface area contributed by atoms with Crippen LogP contribution in [0.15, 0.2) is 72.0 Å². The molecule has 7 heteroatoms. The van der Waals surface area contributed by atoms with E-state index in [1.807, 2.05) is 35.9 Å². The van der Waals surface area contributed by atoms with Gasteiger partial charge in [0.15, 0.2) is 0 Å². The molecule has 0 saturated heterocycles. The van der Waals surface area contributed by atoms with Crippen LogP contribution in [0, 0.1) is 0 Å². The highest BCUT2D eigenvalue weighted by atomic mass is 16.5. The van der Waals surface area contributed by atoms with Crippen molar-refractivity contribution < 1.29 is 4.52 Å². The highest BCUT2D eigenvalue weighted by molar-refractivity contribution is 5.51. The summed E-state index contributed by atoms with van der Waals surface area (Å²) in [6.07, 6.45) is 8.92. The number of hydrogen-bond acceptors (Lipinski definition) is 6. The smallest absolute Gasteiger partial charge is 0.243 e. The third-order valence-corrected chi connectivity index (χ3v) is 4.40. The minimum absolute atomic E-state index is 0.0881. The Hall–Kier alpha value is -3.32. The molecule has 7 nitrogen and oxygen atoms in total. The number of rotatable bonds is 6. The first-order valence-electron chi connectivity index (χ1n) is 8.79. The van der Waals surface area contributed by atoms with Gasteiger partial charge in [-0.1, -0.05) is 17.3 Å². The summed E-state index contributed by atoms with van der Waals surface area (Å²) < 4.78 is 7.42. The molecular formula is C20H20N6O. The average Bonchev–Trinajstić information content (AvgIpc) is 3.41. The lowest BCUT2D eigenvalue weighted by Gasteiger charge is -2.18. The molecule has 0 spiro atoms. The van der Waals surface area contributed by atoms with Crippen molar-refractivity contribution in [2.75, 3.05) is 0 Å². The molecule has 0 amide bonds. The normalized spacial score (nSPS) is 13.4. The molecule has 1 N–H and O–H groups in total. The predicted molar refractivity (Wildman–Crippen MR) is 101 cm³/mol. The zero-order chi connectivity index (χ0) is 18.6. The van der Waals surface area contributed by atoms with Gasteiger partial charge in [-0.3, -0.25) is 10.3 Å². The fourth-order valence-corrected chi connectivity index (χ4v) is 2.93. The standard InChI is InChI=1S/C20H20N6O/c1-14(16-5-3-7-18(11-16)26-10-9-22-13-26)23-15(2)20-24-19(25-27-20)17-6-4-8-21-12-17/h3-15,23H,1-2H3/t14-,15-/m1/s1. The second-order valence-electron chi connectivity index (χ2n) is 6.37. The summed E-state index contributed by atoms with van der Waals surface area (Å²) in [4.78, 5) is 12.7. The van der Waals surface area contributed by atoms with Gasteiger partial charge >= 0.3 is 0 Å². The fourth-order valence-electron chi connectivity index (χ4n) is 2.93. The molecule has 3 aromatic heterocycles. The summed E-state index contributed by atoms with van der Waals surface area (Å²) in [5.41, 5.74) is 3.07. The molecule has 3 heterocycles. The first kappa shape index (κ1) is 17.1. The van der Waals surface area contributed by atoms with Crippen LogP contribution >= 0.6 is 0 Å². The van der Waals surface area contributed by atoms with Crippen LogP contribution in [0.3, 0.4) is 0 Å². The van der Waals surface area contributed by atoms with Gasteiger partial charge in [-0.25, -0.2) is 4.98 Å². The Morgan fingerprint density at radius 2 is 1.96 bits per heavy atom. The van der Waals surface area contributed by atoms with Gasteiger partial charge in [-0.05, 0) is 43.7 Å². The molecule has 136 valence electrons. The lowest BCUT2D eigenvalue weighted by atomic mass is 10.1. The molecule has 4 rings (SSSR count). The van der Waals surface area contributed by atoms with E-state index in [1.165, 1.54) is 5.56 Å². The molecule has 0 aliphatic rings. The maximum atomic E-state index is 5.44. The van der Waals surface area contributed by atoms with Crippen LogP contribution in [0.1, 0.15) is 37.4 Å². The molecular weight excluding hydrogens is 340 g/mol. The molecule has 0 saturated carbocycles. The number of nitrogens with zero attached hydrogens (tertiary/aromatic N) is 5. The zero-order valence-corrected chi connectivity index (χ0v) is 15.1. The van der Waals surface area contributed by atoms with E-state index in [-0.39, 0.29) is 12.1 Å².